The third-order valence-electron chi connectivity index (χ3n) is 4.90. The van der Waals surface area contributed by atoms with Crippen molar-refractivity contribution < 1.29 is 28.5 Å². The Bertz CT molecular complexity index is 741. The lowest BCUT2D eigenvalue weighted by Crippen LogP contribution is -2.58. The SMILES string of the molecule is Cc1cc(C)cc(NC(=O)[C@H]2O[C@H]3OC(C)(C)O[C@@H]3[C@H]3OC(C)(C)O[C@H]32)c1. The minimum Gasteiger partial charge on any atom is -0.342 e. The fourth-order valence-corrected chi connectivity index (χ4v) is 4.08. The van der Waals surface area contributed by atoms with Gasteiger partial charge in [-0.3, -0.25) is 4.79 Å². The molecule has 3 aliphatic rings. The van der Waals surface area contributed by atoms with Crippen molar-refractivity contribution in [2.24, 2.45) is 0 Å². The Kier molecular flexibility index (Phi) is 4.36. The zero-order valence-electron chi connectivity index (χ0n) is 16.6. The van der Waals surface area contributed by atoms with Gasteiger partial charge < -0.3 is 29.0 Å². The van der Waals surface area contributed by atoms with Crippen LogP contribution in [0.5, 0.6) is 0 Å². The summed E-state index contributed by atoms with van der Waals surface area (Å²) in [5.74, 6) is -1.93. The van der Waals surface area contributed by atoms with Gasteiger partial charge in [0.2, 0.25) is 0 Å². The second-order valence-corrected chi connectivity index (χ2v) is 8.46. The minimum absolute atomic E-state index is 0.289. The second-order valence-electron chi connectivity index (χ2n) is 8.46. The van der Waals surface area contributed by atoms with Gasteiger partial charge in [0.1, 0.15) is 18.3 Å². The van der Waals surface area contributed by atoms with Gasteiger partial charge >= 0.3 is 0 Å². The number of benzene rings is 1. The van der Waals surface area contributed by atoms with E-state index in [9.17, 15) is 4.79 Å². The maximum atomic E-state index is 13.0. The van der Waals surface area contributed by atoms with Crippen LogP contribution in [0, 0.1) is 13.8 Å². The molecule has 0 spiro atoms. The van der Waals surface area contributed by atoms with Gasteiger partial charge in [-0.05, 0) is 64.8 Å². The quantitative estimate of drug-likeness (QED) is 0.854. The normalized spacial score (nSPS) is 36.1. The van der Waals surface area contributed by atoms with Crippen molar-refractivity contribution in [1.29, 1.82) is 0 Å². The van der Waals surface area contributed by atoms with E-state index in [1.54, 1.807) is 0 Å². The first kappa shape index (κ1) is 18.8. The van der Waals surface area contributed by atoms with Crippen LogP contribution in [0.2, 0.25) is 0 Å². The van der Waals surface area contributed by atoms with E-state index in [0.29, 0.717) is 0 Å². The lowest BCUT2D eigenvalue weighted by Gasteiger charge is -2.36. The summed E-state index contributed by atoms with van der Waals surface area (Å²) in [4.78, 5) is 13.0. The highest BCUT2D eigenvalue weighted by Crippen LogP contribution is 2.44. The molecule has 4 rings (SSSR count). The maximum absolute atomic E-state index is 13.0. The first-order chi connectivity index (χ1) is 12.5. The van der Waals surface area contributed by atoms with Crippen molar-refractivity contribution in [3.05, 3.63) is 29.3 Å². The smallest absolute Gasteiger partial charge is 0.256 e. The fraction of sp³-hybridized carbons (Fsp3) is 0.650. The van der Waals surface area contributed by atoms with Crippen LogP contribution >= 0.6 is 0 Å². The molecule has 7 nitrogen and oxygen atoms in total. The number of nitrogens with one attached hydrogen (secondary N) is 1. The number of hydrogen-bond donors (Lipinski definition) is 1. The van der Waals surface area contributed by atoms with Crippen LogP contribution < -0.4 is 5.32 Å². The summed E-state index contributed by atoms with van der Waals surface area (Å²) in [5.41, 5.74) is 2.87. The van der Waals surface area contributed by atoms with E-state index < -0.39 is 42.3 Å². The maximum Gasteiger partial charge on any atom is 0.256 e. The van der Waals surface area contributed by atoms with Gasteiger partial charge in [0.25, 0.3) is 5.91 Å². The molecular weight excluding hydrogens is 350 g/mol. The summed E-state index contributed by atoms with van der Waals surface area (Å²) in [6.45, 7) is 11.2. The fourth-order valence-electron chi connectivity index (χ4n) is 4.08. The van der Waals surface area contributed by atoms with E-state index in [4.69, 9.17) is 23.7 Å². The number of carbonyl (C=O) groups is 1. The van der Waals surface area contributed by atoms with E-state index in [1.807, 2.05) is 53.7 Å². The largest absolute Gasteiger partial charge is 0.342 e. The molecule has 1 aromatic rings. The van der Waals surface area contributed by atoms with E-state index >= 15 is 0 Å². The van der Waals surface area contributed by atoms with Gasteiger partial charge in [-0.2, -0.15) is 0 Å². The van der Waals surface area contributed by atoms with Gasteiger partial charge in [-0.25, -0.2) is 0 Å². The standard InChI is InChI=1S/C20H27NO6/c1-10-7-11(2)9-12(8-10)21-17(22)15-13-14(25-19(3,4)24-13)16-18(23-15)27-20(5,6)26-16/h7-9,13-16,18H,1-6H3,(H,21,22)/t13-,14+,15+,16-,18+/m1/s1. The van der Waals surface area contributed by atoms with E-state index in [0.717, 1.165) is 16.8 Å². The number of amides is 1. The minimum atomic E-state index is -0.864. The van der Waals surface area contributed by atoms with Crippen molar-refractivity contribution in [1.82, 2.24) is 0 Å². The number of ether oxygens (including phenoxy) is 5. The van der Waals surface area contributed by atoms with Gasteiger partial charge in [-0.1, -0.05) is 6.07 Å². The third kappa shape index (κ3) is 3.62. The van der Waals surface area contributed by atoms with Crippen LogP contribution in [0.1, 0.15) is 38.8 Å². The zero-order valence-corrected chi connectivity index (χ0v) is 16.6. The number of anilines is 1. The number of carbonyl (C=O) groups excluding carboxylic acids is 1. The molecule has 3 fully saturated rings. The van der Waals surface area contributed by atoms with Crippen LogP contribution in [0.4, 0.5) is 5.69 Å². The molecule has 3 saturated heterocycles. The first-order valence-corrected chi connectivity index (χ1v) is 9.29. The Hall–Kier alpha value is -1.51. The highest BCUT2D eigenvalue weighted by molar-refractivity contribution is 5.95. The van der Waals surface area contributed by atoms with E-state index in [1.165, 1.54) is 0 Å². The number of fused-ring (bicyclic) bond motifs is 3. The predicted molar refractivity (Wildman–Crippen MR) is 97.1 cm³/mol. The Morgan fingerprint density at radius 2 is 1.41 bits per heavy atom. The Balaban J connectivity index is 1.59. The van der Waals surface area contributed by atoms with Crippen molar-refractivity contribution >= 4 is 11.6 Å². The molecule has 0 aromatic heterocycles. The molecule has 3 aliphatic heterocycles. The molecular formula is C20H27NO6. The molecule has 0 aliphatic carbocycles. The molecule has 0 radical (unpaired) electrons. The Morgan fingerprint density at radius 1 is 0.852 bits per heavy atom. The third-order valence-corrected chi connectivity index (χ3v) is 4.90. The number of rotatable bonds is 2. The van der Waals surface area contributed by atoms with Gasteiger partial charge in [0.15, 0.2) is 24.0 Å². The van der Waals surface area contributed by atoms with Gasteiger partial charge in [0.05, 0.1) is 0 Å². The Labute approximate surface area is 159 Å². The van der Waals surface area contributed by atoms with E-state index in [-0.39, 0.29) is 5.91 Å². The van der Waals surface area contributed by atoms with E-state index in [2.05, 4.69) is 11.4 Å². The monoisotopic (exact) mass is 377 g/mol. The summed E-state index contributed by atoms with van der Waals surface area (Å²) in [6, 6.07) is 5.89. The lowest BCUT2D eigenvalue weighted by atomic mass is 9.98. The van der Waals surface area contributed by atoms with Crippen LogP contribution in [0.15, 0.2) is 18.2 Å². The summed E-state index contributed by atoms with van der Waals surface area (Å²) in [5, 5.41) is 2.94. The van der Waals surface area contributed by atoms with Gasteiger partial charge in [-0.15, -0.1) is 0 Å². The average molecular weight is 377 g/mol. The van der Waals surface area contributed by atoms with Crippen LogP contribution in [0.25, 0.3) is 0 Å². The van der Waals surface area contributed by atoms with Crippen molar-refractivity contribution in [2.45, 2.75) is 83.8 Å². The topological polar surface area (TPSA) is 75.3 Å². The molecule has 1 amide bonds. The molecule has 0 bridgehead atoms. The Morgan fingerprint density at radius 3 is 2.07 bits per heavy atom. The molecule has 27 heavy (non-hydrogen) atoms. The molecule has 0 saturated carbocycles. The molecule has 5 atom stereocenters. The molecule has 1 N–H and O–H groups in total. The zero-order chi connectivity index (χ0) is 19.6. The average Bonchev–Trinajstić information content (AvgIpc) is 2.99. The molecule has 3 heterocycles. The van der Waals surface area contributed by atoms with Crippen molar-refractivity contribution in [3.63, 3.8) is 0 Å². The summed E-state index contributed by atoms with van der Waals surface area (Å²) < 4.78 is 29.8. The first-order valence-electron chi connectivity index (χ1n) is 9.29. The van der Waals surface area contributed by atoms with Crippen LogP contribution in [-0.2, 0) is 28.5 Å². The van der Waals surface area contributed by atoms with Gasteiger partial charge in [0, 0.05) is 5.69 Å². The molecule has 7 heteroatoms. The molecule has 0 unspecified atom stereocenters. The lowest BCUT2D eigenvalue weighted by molar-refractivity contribution is -0.229. The summed E-state index contributed by atoms with van der Waals surface area (Å²) in [6.07, 6.45) is -3.03. The highest BCUT2D eigenvalue weighted by Gasteiger charge is 2.62. The summed E-state index contributed by atoms with van der Waals surface area (Å²) >= 11 is 0. The second kappa shape index (κ2) is 6.25. The molecule has 148 valence electrons. The number of aryl methyl sites for hydroxylation is 2. The predicted octanol–water partition coefficient (Wildman–Crippen LogP) is 2.64. The molecule has 1 aromatic carbocycles. The van der Waals surface area contributed by atoms with Crippen molar-refractivity contribution in [3.8, 4) is 0 Å². The highest BCUT2D eigenvalue weighted by atomic mass is 16.9. The summed E-state index contributed by atoms with van der Waals surface area (Å²) in [7, 11) is 0. The van der Waals surface area contributed by atoms with Crippen LogP contribution in [-0.4, -0.2) is 48.2 Å². The van der Waals surface area contributed by atoms with Crippen LogP contribution in [0.3, 0.4) is 0 Å². The van der Waals surface area contributed by atoms with Crippen molar-refractivity contribution in [2.75, 3.05) is 5.32 Å². The number of hydrogen-bond acceptors (Lipinski definition) is 6.